The molecule has 226 valence electrons. The van der Waals surface area contributed by atoms with Gasteiger partial charge in [-0.05, 0) is 55.6 Å². The zero-order valence-electron chi connectivity index (χ0n) is 24.8. The number of aromatic hydroxyl groups is 1. The summed E-state index contributed by atoms with van der Waals surface area (Å²) in [6, 6.07) is 4.66. The maximum atomic E-state index is 14.2. The van der Waals surface area contributed by atoms with Crippen molar-refractivity contribution >= 4 is 34.5 Å². The molecule has 4 rings (SSSR count). The number of aliphatic hydroxyl groups excluding tert-OH is 2. The monoisotopic (exact) mass is 590 g/mol. The van der Waals surface area contributed by atoms with E-state index in [0.717, 1.165) is 11.8 Å². The first-order valence-electron chi connectivity index (χ1n) is 14.0. The normalized spacial score (nSPS) is 40.4. The average molecular weight is 591 g/mol. The molecule has 0 heterocycles. The standard InChI is InChI=1S/C30H42N2O8S/c1-12(2)18-21(35)17(24(31)38)22(36)30(40)23(37)19-20(34)16-14(10-9-11-15(16)33)13(3)28(19,7)25(29(18,30)8)41-26(39)32-27(4,5)6/h9-13,17-19,21,23,25,33,35,37,40H,1-8H3,(H2,31,38)(H,32,39)/t13-,17-,18+,19-,21?,23?,25-,28+,29+,30+/m1/s1. The summed E-state index contributed by atoms with van der Waals surface area (Å²) in [5, 5.41) is 48.3. The Balaban J connectivity index is 2.10. The molecule has 41 heavy (non-hydrogen) atoms. The van der Waals surface area contributed by atoms with Gasteiger partial charge >= 0.3 is 0 Å². The molecule has 3 aliphatic carbocycles. The van der Waals surface area contributed by atoms with Gasteiger partial charge in [-0.1, -0.05) is 58.5 Å². The Bertz CT molecular complexity index is 1310. The smallest absolute Gasteiger partial charge is 0.279 e. The van der Waals surface area contributed by atoms with E-state index in [-0.39, 0.29) is 11.3 Å². The average Bonchev–Trinajstić information content (AvgIpc) is 2.82. The minimum atomic E-state index is -2.75. The Kier molecular flexibility index (Phi) is 7.51. The van der Waals surface area contributed by atoms with Crippen LogP contribution in [0.5, 0.6) is 5.75 Å². The van der Waals surface area contributed by atoms with Gasteiger partial charge in [-0.25, -0.2) is 0 Å². The fourth-order valence-electron chi connectivity index (χ4n) is 8.38. The van der Waals surface area contributed by atoms with Gasteiger partial charge in [0.15, 0.2) is 17.2 Å². The number of hydrogen-bond acceptors (Lipinski definition) is 9. The summed E-state index contributed by atoms with van der Waals surface area (Å²) in [6.45, 7) is 14.0. The first-order chi connectivity index (χ1) is 18.7. The van der Waals surface area contributed by atoms with Crippen molar-refractivity contribution in [2.24, 2.45) is 40.2 Å². The third-order valence-corrected chi connectivity index (χ3v) is 11.7. The molecule has 10 nitrogen and oxygen atoms in total. The van der Waals surface area contributed by atoms with E-state index in [4.69, 9.17) is 5.73 Å². The van der Waals surface area contributed by atoms with Crippen molar-refractivity contribution in [3.05, 3.63) is 29.3 Å². The fraction of sp³-hybridized carbons (Fsp3) is 0.667. The molecule has 2 unspecified atom stereocenters. The number of aliphatic hydroxyl groups is 3. The Hall–Kier alpha value is -2.47. The molecule has 3 aliphatic rings. The second-order valence-electron chi connectivity index (χ2n) is 13.8. The highest BCUT2D eigenvalue weighted by Gasteiger charge is 2.80. The third kappa shape index (κ3) is 4.10. The molecule has 7 N–H and O–H groups in total. The Morgan fingerprint density at radius 2 is 1.71 bits per heavy atom. The van der Waals surface area contributed by atoms with Crippen LogP contribution in [0.4, 0.5) is 4.79 Å². The lowest BCUT2D eigenvalue weighted by Crippen LogP contribution is -2.83. The van der Waals surface area contributed by atoms with Crippen LogP contribution in [0.25, 0.3) is 0 Å². The number of fused-ring (bicyclic) bond motifs is 3. The Labute approximate surface area is 244 Å². The highest BCUT2D eigenvalue weighted by atomic mass is 32.2. The highest BCUT2D eigenvalue weighted by molar-refractivity contribution is 8.14. The van der Waals surface area contributed by atoms with Gasteiger partial charge in [-0.2, -0.15) is 0 Å². The highest BCUT2D eigenvalue weighted by Crippen LogP contribution is 2.71. The summed E-state index contributed by atoms with van der Waals surface area (Å²) in [5.41, 5.74) is -0.325. The number of nitrogens with two attached hydrogens (primary N) is 1. The molecule has 0 aromatic heterocycles. The van der Waals surface area contributed by atoms with Gasteiger partial charge < -0.3 is 31.5 Å². The molecule has 2 fully saturated rings. The Morgan fingerprint density at radius 1 is 1.12 bits per heavy atom. The summed E-state index contributed by atoms with van der Waals surface area (Å²) in [7, 11) is 0. The molecule has 2 saturated carbocycles. The topological polar surface area (TPSA) is 187 Å². The molecule has 0 radical (unpaired) electrons. The van der Waals surface area contributed by atoms with Crippen molar-refractivity contribution in [3.8, 4) is 5.75 Å². The summed E-state index contributed by atoms with van der Waals surface area (Å²) >= 11 is 0.821. The minimum Gasteiger partial charge on any atom is -0.507 e. The number of carbonyl (C=O) groups is 4. The summed E-state index contributed by atoms with van der Waals surface area (Å²) in [6.07, 6.45) is -3.65. The second-order valence-corrected chi connectivity index (χ2v) is 14.9. The maximum Gasteiger partial charge on any atom is 0.279 e. The number of phenols is 1. The van der Waals surface area contributed by atoms with Crippen LogP contribution in [-0.4, -0.2) is 71.7 Å². The van der Waals surface area contributed by atoms with Crippen LogP contribution in [0.1, 0.15) is 77.2 Å². The lowest BCUT2D eigenvalue weighted by Gasteiger charge is -2.70. The van der Waals surface area contributed by atoms with E-state index in [9.17, 15) is 39.6 Å². The molecule has 2 amide bonds. The number of primary amides is 1. The van der Waals surface area contributed by atoms with E-state index in [1.165, 1.54) is 6.07 Å². The molecular weight excluding hydrogens is 548 g/mol. The van der Waals surface area contributed by atoms with Crippen molar-refractivity contribution in [3.63, 3.8) is 0 Å². The van der Waals surface area contributed by atoms with Gasteiger partial charge in [0.05, 0.1) is 17.6 Å². The van der Waals surface area contributed by atoms with Crippen LogP contribution in [0, 0.1) is 34.5 Å². The van der Waals surface area contributed by atoms with Gasteiger partial charge in [-0.3, -0.25) is 19.2 Å². The molecule has 1 aromatic rings. The molecule has 0 bridgehead atoms. The van der Waals surface area contributed by atoms with E-state index in [1.807, 2.05) is 6.92 Å². The predicted molar refractivity (Wildman–Crippen MR) is 153 cm³/mol. The number of carbonyl (C=O) groups excluding carboxylic acids is 4. The first kappa shape index (κ1) is 31.5. The molecule has 0 aliphatic heterocycles. The van der Waals surface area contributed by atoms with E-state index in [0.29, 0.717) is 5.56 Å². The fourth-order valence-corrected chi connectivity index (χ4v) is 10.1. The quantitative estimate of drug-likeness (QED) is 0.287. The van der Waals surface area contributed by atoms with Crippen LogP contribution in [0.3, 0.4) is 0 Å². The van der Waals surface area contributed by atoms with Gasteiger partial charge in [0.2, 0.25) is 5.91 Å². The van der Waals surface area contributed by atoms with E-state index in [1.54, 1.807) is 60.6 Å². The van der Waals surface area contributed by atoms with Gasteiger partial charge in [-0.15, -0.1) is 0 Å². The van der Waals surface area contributed by atoms with Crippen LogP contribution < -0.4 is 11.1 Å². The van der Waals surface area contributed by atoms with Crippen molar-refractivity contribution in [2.45, 2.75) is 89.9 Å². The van der Waals surface area contributed by atoms with E-state index < -0.39 is 91.7 Å². The van der Waals surface area contributed by atoms with Crippen LogP contribution >= 0.6 is 11.8 Å². The summed E-state index contributed by atoms with van der Waals surface area (Å²) in [5.74, 6) is -8.63. The van der Waals surface area contributed by atoms with Crippen LogP contribution in [-0.2, 0) is 9.59 Å². The summed E-state index contributed by atoms with van der Waals surface area (Å²) in [4.78, 5) is 54.5. The number of amides is 2. The molecule has 10 atom stereocenters. The summed E-state index contributed by atoms with van der Waals surface area (Å²) < 4.78 is 0. The third-order valence-electron chi connectivity index (χ3n) is 10.1. The van der Waals surface area contributed by atoms with Gasteiger partial charge in [0.1, 0.15) is 17.8 Å². The maximum absolute atomic E-state index is 14.2. The molecule has 1 aromatic carbocycles. The molecular formula is C30H42N2O8S. The SMILES string of the molecule is CC(C)[C@H]1C(O)[C@@H](C(N)=O)C(=O)[C@]2(O)C(O)[C@H]3C(=O)c4c(O)cccc4[C@@H](C)[C@]3(C)[C@@H](SC(=O)NC(C)(C)C)[C@]12C. The number of nitrogens with one attached hydrogen (secondary N) is 1. The van der Waals surface area contributed by atoms with Crippen molar-refractivity contribution in [1.82, 2.24) is 5.32 Å². The Morgan fingerprint density at radius 3 is 2.22 bits per heavy atom. The van der Waals surface area contributed by atoms with E-state index in [2.05, 4.69) is 5.32 Å². The van der Waals surface area contributed by atoms with Crippen molar-refractivity contribution in [2.75, 3.05) is 0 Å². The van der Waals surface area contributed by atoms with Gasteiger partial charge in [0.25, 0.3) is 5.24 Å². The number of hydrogen-bond donors (Lipinski definition) is 6. The number of Topliss-reactive ketones (excluding diaryl/α,β-unsaturated/α-hetero) is 2. The second kappa shape index (κ2) is 9.79. The number of benzene rings is 1. The number of ketones is 2. The van der Waals surface area contributed by atoms with Crippen LogP contribution in [0.2, 0.25) is 0 Å². The van der Waals surface area contributed by atoms with Crippen molar-refractivity contribution < 1.29 is 39.6 Å². The lowest BCUT2D eigenvalue weighted by atomic mass is 9.37. The number of phenolic OH excluding ortho intramolecular Hbond substituents is 1. The van der Waals surface area contributed by atoms with E-state index >= 15 is 0 Å². The minimum absolute atomic E-state index is 0.0215. The largest absolute Gasteiger partial charge is 0.507 e. The zero-order chi connectivity index (χ0) is 31.2. The predicted octanol–water partition coefficient (Wildman–Crippen LogP) is 2.35. The number of rotatable bonds is 3. The molecule has 0 saturated heterocycles. The molecule has 11 heteroatoms. The number of thioether (sulfide) groups is 1. The van der Waals surface area contributed by atoms with Crippen LogP contribution in [0.15, 0.2) is 18.2 Å². The lowest BCUT2D eigenvalue weighted by molar-refractivity contribution is -0.263. The van der Waals surface area contributed by atoms with Gasteiger partial charge in [0, 0.05) is 16.2 Å². The van der Waals surface area contributed by atoms with Crippen molar-refractivity contribution in [1.29, 1.82) is 0 Å². The first-order valence-corrected chi connectivity index (χ1v) is 14.8. The zero-order valence-corrected chi connectivity index (χ0v) is 25.6. The molecule has 0 spiro atoms.